The average molecular weight is 386 g/mol. The van der Waals surface area contributed by atoms with Gasteiger partial charge in [0.15, 0.2) is 16.2 Å². The molecular formula is C20H22N2O4S. The summed E-state index contributed by atoms with van der Waals surface area (Å²) in [5, 5.41) is 2.84. The van der Waals surface area contributed by atoms with Crippen molar-refractivity contribution in [1.82, 2.24) is 0 Å². The number of para-hydroxylation sites is 1. The Hall–Kier alpha value is -2.67. The molecule has 1 heterocycles. The van der Waals surface area contributed by atoms with Crippen LogP contribution in [-0.2, 0) is 9.59 Å². The fourth-order valence-electron chi connectivity index (χ4n) is 3.02. The molecule has 1 aliphatic rings. The van der Waals surface area contributed by atoms with Crippen molar-refractivity contribution in [2.24, 2.45) is 0 Å². The summed E-state index contributed by atoms with van der Waals surface area (Å²) in [6, 6.07) is 12.7. The van der Waals surface area contributed by atoms with Gasteiger partial charge in [0.1, 0.15) is 0 Å². The summed E-state index contributed by atoms with van der Waals surface area (Å²) < 4.78 is 9.22. The maximum absolute atomic E-state index is 13.1. The van der Waals surface area contributed by atoms with E-state index in [-0.39, 0.29) is 11.8 Å². The topological polar surface area (TPSA) is 67.9 Å². The number of carbonyl (C=O) groups is 2. The van der Waals surface area contributed by atoms with E-state index in [9.17, 15) is 9.59 Å². The lowest BCUT2D eigenvalue weighted by molar-refractivity contribution is -0.128. The van der Waals surface area contributed by atoms with Crippen LogP contribution in [0.5, 0.6) is 11.5 Å². The molecule has 2 amide bonds. The zero-order valence-corrected chi connectivity index (χ0v) is 16.6. The van der Waals surface area contributed by atoms with Gasteiger partial charge in [0, 0.05) is 23.2 Å². The van der Waals surface area contributed by atoms with Crippen LogP contribution in [0.25, 0.3) is 0 Å². The average Bonchev–Trinajstić information content (AvgIpc) is 2.68. The molecule has 1 N–H and O–H groups in total. The number of thioether (sulfide) groups is 1. The smallest absolute Gasteiger partial charge is 0.252 e. The van der Waals surface area contributed by atoms with E-state index >= 15 is 0 Å². The Labute approximate surface area is 162 Å². The lowest BCUT2D eigenvalue weighted by Crippen LogP contribution is -2.54. The highest BCUT2D eigenvalue weighted by Crippen LogP contribution is 2.45. The van der Waals surface area contributed by atoms with E-state index in [1.807, 2.05) is 31.2 Å². The fraction of sp³-hybridized carbons (Fsp3) is 0.300. The Kier molecular flexibility index (Phi) is 5.32. The lowest BCUT2D eigenvalue weighted by atomic mass is 10.1. The van der Waals surface area contributed by atoms with Gasteiger partial charge in [-0.1, -0.05) is 23.9 Å². The standard InChI is InChI=1S/C20H22N2O4S/c1-5-22-14-8-6-7-9-17(14)27-20(2,19(22)24)18(23)21-13-10-11-15(25-3)16(12-13)26-4/h6-12H,5H2,1-4H3,(H,21,23). The monoisotopic (exact) mass is 386 g/mol. The van der Waals surface area contributed by atoms with Gasteiger partial charge >= 0.3 is 0 Å². The highest BCUT2D eigenvalue weighted by molar-refractivity contribution is 8.02. The van der Waals surface area contributed by atoms with Crippen molar-refractivity contribution in [1.29, 1.82) is 0 Å². The maximum atomic E-state index is 13.1. The van der Waals surface area contributed by atoms with Crippen molar-refractivity contribution < 1.29 is 19.1 Å². The Morgan fingerprint density at radius 1 is 1.15 bits per heavy atom. The number of nitrogens with one attached hydrogen (secondary N) is 1. The van der Waals surface area contributed by atoms with Crippen molar-refractivity contribution in [3.8, 4) is 11.5 Å². The van der Waals surface area contributed by atoms with Gasteiger partial charge < -0.3 is 19.7 Å². The Morgan fingerprint density at radius 3 is 2.52 bits per heavy atom. The number of ether oxygens (including phenoxy) is 2. The van der Waals surface area contributed by atoms with Crippen LogP contribution in [0.1, 0.15) is 13.8 Å². The normalized spacial score (nSPS) is 18.7. The van der Waals surface area contributed by atoms with Crippen molar-refractivity contribution in [3.05, 3.63) is 42.5 Å². The molecule has 0 aromatic heterocycles. The summed E-state index contributed by atoms with van der Waals surface area (Å²) in [5.41, 5.74) is 1.38. The number of hydrogen-bond acceptors (Lipinski definition) is 5. The molecule has 1 aliphatic heterocycles. The van der Waals surface area contributed by atoms with Crippen molar-refractivity contribution in [3.63, 3.8) is 0 Å². The second kappa shape index (κ2) is 7.52. The van der Waals surface area contributed by atoms with Crippen LogP contribution in [0.3, 0.4) is 0 Å². The van der Waals surface area contributed by atoms with Gasteiger partial charge in [-0.05, 0) is 38.1 Å². The zero-order valence-electron chi connectivity index (χ0n) is 15.7. The minimum absolute atomic E-state index is 0.230. The van der Waals surface area contributed by atoms with Gasteiger partial charge in [0.2, 0.25) is 5.91 Å². The summed E-state index contributed by atoms with van der Waals surface area (Å²) in [4.78, 5) is 28.7. The molecule has 6 nitrogen and oxygen atoms in total. The van der Waals surface area contributed by atoms with E-state index in [2.05, 4.69) is 5.32 Å². The molecule has 0 saturated carbocycles. The minimum atomic E-state index is -1.27. The first-order valence-electron chi connectivity index (χ1n) is 8.58. The first kappa shape index (κ1) is 19.1. The number of anilines is 2. The number of nitrogens with zero attached hydrogens (tertiary/aromatic N) is 1. The largest absolute Gasteiger partial charge is 0.493 e. The zero-order chi connectivity index (χ0) is 19.6. The van der Waals surface area contributed by atoms with E-state index < -0.39 is 4.75 Å². The molecule has 0 bridgehead atoms. The summed E-state index contributed by atoms with van der Waals surface area (Å²) in [6.45, 7) is 4.06. The SMILES string of the molecule is CCN1C(=O)C(C)(C(=O)Nc2ccc(OC)c(OC)c2)Sc2ccccc21. The lowest BCUT2D eigenvalue weighted by Gasteiger charge is -2.38. The maximum Gasteiger partial charge on any atom is 0.252 e. The molecule has 0 spiro atoms. The van der Waals surface area contributed by atoms with Crippen molar-refractivity contribution in [2.75, 3.05) is 31.0 Å². The van der Waals surface area contributed by atoms with E-state index in [1.165, 1.54) is 18.9 Å². The van der Waals surface area contributed by atoms with Gasteiger partial charge in [-0.3, -0.25) is 9.59 Å². The van der Waals surface area contributed by atoms with E-state index in [0.29, 0.717) is 23.7 Å². The Bertz CT molecular complexity index is 886. The molecule has 7 heteroatoms. The second-order valence-corrected chi connectivity index (χ2v) is 7.64. The van der Waals surface area contributed by atoms with Crippen molar-refractivity contribution >= 4 is 35.0 Å². The summed E-state index contributed by atoms with van der Waals surface area (Å²) >= 11 is 1.27. The minimum Gasteiger partial charge on any atom is -0.493 e. The number of hydrogen-bond donors (Lipinski definition) is 1. The number of methoxy groups -OCH3 is 2. The molecule has 27 heavy (non-hydrogen) atoms. The summed E-state index contributed by atoms with van der Waals surface area (Å²) in [7, 11) is 3.08. The van der Waals surface area contributed by atoms with Gasteiger partial charge in [0.25, 0.3) is 5.91 Å². The third-order valence-corrected chi connectivity index (χ3v) is 5.85. The Morgan fingerprint density at radius 2 is 1.85 bits per heavy atom. The van der Waals surface area contributed by atoms with Crippen LogP contribution in [0.15, 0.2) is 47.4 Å². The van der Waals surface area contributed by atoms with Gasteiger partial charge in [-0.15, -0.1) is 0 Å². The van der Waals surface area contributed by atoms with Crippen LogP contribution in [0, 0.1) is 0 Å². The summed E-state index contributed by atoms with van der Waals surface area (Å²) in [6.07, 6.45) is 0. The van der Waals surface area contributed by atoms with Gasteiger partial charge in [-0.25, -0.2) is 0 Å². The molecular weight excluding hydrogens is 364 g/mol. The summed E-state index contributed by atoms with van der Waals surface area (Å²) in [5.74, 6) is 0.462. The van der Waals surface area contributed by atoms with E-state index in [4.69, 9.17) is 9.47 Å². The molecule has 0 saturated heterocycles. The molecule has 2 aromatic rings. The second-order valence-electron chi connectivity index (χ2n) is 6.18. The van der Waals surface area contributed by atoms with E-state index in [0.717, 1.165) is 10.6 Å². The van der Waals surface area contributed by atoms with Gasteiger partial charge in [-0.2, -0.15) is 0 Å². The number of fused-ring (bicyclic) bond motifs is 1. The van der Waals surface area contributed by atoms with Crippen LogP contribution < -0.4 is 19.7 Å². The molecule has 1 unspecified atom stereocenters. The van der Waals surface area contributed by atoms with Crippen LogP contribution >= 0.6 is 11.8 Å². The molecule has 1 atom stereocenters. The number of amides is 2. The quantitative estimate of drug-likeness (QED) is 0.796. The molecule has 0 fully saturated rings. The van der Waals surface area contributed by atoms with Crippen LogP contribution in [0.2, 0.25) is 0 Å². The third kappa shape index (κ3) is 3.35. The third-order valence-electron chi connectivity index (χ3n) is 4.51. The van der Waals surface area contributed by atoms with Crippen LogP contribution in [-0.4, -0.2) is 37.3 Å². The predicted molar refractivity (Wildman–Crippen MR) is 107 cm³/mol. The highest BCUT2D eigenvalue weighted by Gasteiger charge is 2.48. The number of rotatable bonds is 5. The molecule has 142 valence electrons. The van der Waals surface area contributed by atoms with Crippen LogP contribution in [0.4, 0.5) is 11.4 Å². The molecule has 0 radical (unpaired) electrons. The Balaban J connectivity index is 1.91. The van der Waals surface area contributed by atoms with E-state index in [1.54, 1.807) is 37.1 Å². The van der Waals surface area contributed by atoms with Gasteiger partial charge in [0.05, 0.1) is 19.9 Å². The highest BCUT2D eigenvalue weighted by atomic mass is 32.2. The first-order chi connectivity index (χ1) is 12.9. The number of carbonyl (C=O) groups excluding carboxylic acids is 2. The van der Waals surface area contributed by atoms with Crippen molar-refractivity contribution in [2.45, 2.75) is 23.5 Å². The fourth-order valence-corrected chi connectivity index (χ4v) is 4.23. The molecule has 0 aliphatic carbocycles. The molecule has 2 aromatic carbocycles. The molecule has 3 rings (SSSR count). The number of benzene rings is 2. The predicted octanol–water partition coefficient (Wildman–Crippen LogP) is 3.56. The first-order valence-corrected chi connectivity index (χ1v) is 9.39.